The van der Waals surface area contributed by atoms with Crippen LogP contribution in [0.4, 0.5) is 0 Å². The Morgan fingerprint density at radius 3 is 1.77 bits per heavy atom. The van der Waals surface area contributed by atoms with E-state index in [1.54, 1.807) is 0 Å². The Hall–Kier alpha value is -1.10. The first-order valence-corrected chi connectivity index (χ1v) is 4.17. The molecule has 0 spiro atoms. The van der Waals surface area contributed by atoms with E-state index in [9.17, 15) is 9.59 Å². The van der Waals surface area contributed by atoms with Crippen molar-refractivity contribution in [2.75, 3.05) is 13.2 Å². The van der Waals surface area contributed by atoms with Crippen LogP contribution in [0, 0.1) is 0 Å². The van der Waals surface area contributed by atoms with Gasteiger partial charge in [-0.1, -0.05) is 0 Å². The Morgan fingerprint density at radius 1 is 1.08 bits per heavy atom. The molecule has 2 amide bonds. The molecule has 0 aromatic heterocycles. The minimum atomic E-state index is 0.000862. The van der Waals surface area contributed by atoms with E-state index in [0.29, 0.717) is 26.0 Å². The van der Waals surface area contributed by atoms with Crippen molar-refractivity contribution in [2.45, 2.75) is 25.9 Å². The van der Waals surface area contributed by atoms with E-state index >= 15 is 0 Å². The molecular formula is C8H16N2O3. The van der Waals surface area contributed by atoms with Crippen LogP contribution in [-0.4, -0.2) is 38.1 Å². The van der Waals surface area contributed by atoms with Crippen molar-refractivity contribution in [3.8, 4) is 0 Å². The third kappa shape index (κ3) is 7.27. The van der Waals surface area contributed by atoms with Gasteiger partial charge in [0, 0.05) is 12.1 Å². The van der Waals surface area contributed by atoms with Gasteiger partial charge in [-0.15, -0.1) is 0 Å². The van der Waals surface area contributed by atoms with Crippen LogP contribution in [-0.2, 0) is 14.3 Å². The van der Waals surface area contributed by atoms with Crippen molar-refractivity contribution >= 4 is 12.8 Å². The standard InChI is InChI=1S/C8H16N2O3/c1-7(9-5-11)3-13-4-8(2)10-6-12/h5-8H,3-4H2,1-2H3,(H,9,11)(H,10,12). The van der Waals surface area contributed by atoms with Gasteiger partial charge in [0.1, 0.15) is 0 Å². The number of amides is 2. The monoisotopic (exact) mass is 188 g/mol. The molecule has 2 atom stereocenters. The number of carbonyl (C=O) groups excluding carboxylic acids is 2. The Bertz CT molecular complexity index is 136. The molecule has 2 unspecified atom stereocenters. The molecule has 0 aliphatic rings. The van der Waals surface area contributed by atoms with Crippen molar-refractivity contribution in [3.63, 3.8) is 0 Å². The van der Waals surface area contributed by atoms with Crippen molar-refractivity contribution in [1.29, 1.82) is 0 Å². The molecule has 0 aromatic carbocycles. The molecule has 5 heteroatoms. The average molecular weight is 188 g/mol. The highest BCUT2D eigenvalue weighted by Gasteiger charge is 2.02. The molecule has 0 aromatic rings. The van der Waals surface area contributed by atoms with E-state index in [2.05, 4.69) is 10.6 Å². The number of hydrogen-bond donors (Lipinski definition) is 2. The van der Waals surface area contributed by atoms with E-state index in [-0.39, 0.29) is 12.1 Å². The molecule has 0 bridgehead atoms. The lowest BCUT2D eigenvalue weighted by atomic mass is 10.3. The Labute approximate surface area is 77.8 Å². The molecule has 0 saturated heterocycles. The fraction of sp³-hybridized carbons (Fsp3) is 0.750. The second kappa shape index (κ2) is 7.54. The zero-order valence-corrected chi connectivity index (χ0v) is 7.95. The van der Waals surface area contributed by atoms with Crippen molar-refractivity contribution in [3.05, 3.63) is 0 Å². The van der Waals surface area contributed by atoms with Gasteiger partial charge >= 0.3 is 0 Å². The third-order valence-electron chi connectivity index (χ3n) is 1.44. The summed E-state index contributed by atoms with van der Waals surface area (Å²) in [5, 5.41) is 5.11. The number of rotatable bonds is 8. The molecule has 0 heterocycles. The Kier molecular flexibility index (Phi) is 6.91. The summed E-state index contributed by atoms with van der Waals surface area (Å²) < 4.78 is 5.22. The Morgan fingerprint density at radius 2 is 1.46 bits per heavy atom. The topological polar surface area (TPSA) is 67.4 Å². The highest BCUT2D eigenvalue weighted by molar-refractivity contribution is 5.46. The summed E-state index contributed by atoms with van der Waals surface area (Å²) in [5.41, 5.74) is 0. The lowest BCUT2D eigenvalue weighted by Gasteiger charge is -2.13. The summed E-state index contributed by atoms with van der Waals surface area (Å²) in [6.45, 7) is 4.58. The summed E-state index contributed by atoms with van der Waals surface area (Å²) in [5.74, 6) is 0. The molecule has 0 saturated carbocycles. The summed E-state index contributed by atoms with van der Waals surface area (Å²) in [6.07, 6.45) is 1.28. The Balaban J connectivity index is 3.32. The van der Waals surface area contributed by atoms with E-state index < -0.39 is 0 Å². The van der Waals surface area contributed by atoms with Crippen molar-refractivity contribution in [2.24, 2.45) is 0 Å². The highest BCUT2D eigenvalue weighted by atomic mass is 16.5. The van der Waals surface area contributed by atoms with Gasteiger partial charge in [-0.2, -0.15) is 0 Å². The van der Waals surface area contributed by atoms with Crippen LogP contribution in [0.5, 0.6) is 0 Å². The van der Waals surface area contributed by atoms with Crippen LogP contribution < -0.4 is 10.6 Å². The lowest BCUT2D eigenvalue weighted by Crippen LogP contribution is -2.33. The van der Waals surface area contributed by atoms with Crippen LogP contribution in [0.3, 0.4) is 0 Å². The number of hydrogen-bond acceptors (Lipinski definition) is 3. The fourth-order valence-electron chi connectivity index (χ4n) is 0.750. The largest absolute Gasteiger partial charge is 0.377 e. The maximum Gasteiger partial charge on any atom is 0.207 e. The number of ether oxygens (including phenoxy) is 1. The van der Waals surface area contributed by atoms with Gasteiger partial charge in [0.25, 0.3) is 0 Å². The van der Waals surface area contributed by atoms with Gasteiger partial charge in [-0.05, 0) is 13.8 Å². The van der Waals surface area contributed by atoms with Crippen LogP contribution >= 0.6 is 0 Å². The second-order valence-electron chi connectivity index (χ2n) is 2.91. The van der Waals surface area contributed by atoms with E-state index in [4.69, 9.17) is 4.74 Å². The zero-order chi connectivity index (χ0) is 10.1. The minimum Gasteiger partial charge on any atom is -0.377 e. The average Bonchev–Trinajstić information content (AvgIpc) is 2.05. The van der Waals surface area contributed by atoms with Gasteiger partial charge in [0.05, 0.1) is 13.2 Å². The van der Waals surface area contributed by atoms with Gasteiger partial charge in [0.2, 0.25) is 12.8 Å². The molecule has 5 nitrogen and oxygen atoms in total. The summed E-state index contributed by atoms with van der Waals surface area (Å²) in [6, 6.07) is 0.00172. The van der Waals surface area contributed by atoms with Gasteiger partial charge in [-0.25, -0.2) is 0 Å². The van der Waals surface area contributed by atoms with E-state index in [1.165, 1.54) is 0 Å². The first-order chi connectivity index (χ1) is 6.20. The number of carbonyl (C=O) groups is 2. The molecular weight excluding hydrogens is 172 g/mol. The van der Waals surface area contributed by atoms with Gasteiger partial charge in [-0.3, -0.25) is 9.59 Å². The third-order valence-corrected chi connectivity index (χ3v) is 1.44. The quantitative estimate of drug-likeness (QED) is 0.494. The van der Waals surface area contributed by atoms with Gasteiger partial charge < -0.3 is 15.4 Å². The summed E-state index contributed by atoms with van der Waals surface area (Å²) in [7, 11) is 0. The van der Waals surface area contributed by atoms with Crippen LogP contribution in [0.2, 0.25) is 0 Å². The van der Waals surface area contributed by atoms with Crippen LogP contribution in [0.25, 0.3) is 0 Å². The summed E-state index contributed by atoms with van der Waals surface area (Å²) >= 11 is 0. The van der Waals surface area contributed by atoms with E-state index in [1.807, 2.05) is 13.8 Å². The van der Waals surface area contributed by atoms with Crippen LogP contribution in [0.1, 0.15) is 13.8 Å². The lowest BCUT2D eigenvalue weighted by molar-refractivity contribution is -0.110. The zero-order valence-electron chi connectivity index (χ0n) is 7.95. The molecule has 0 aliphatic carbocycles. The maximum absolute atomic E-state index is 9.99. The predicted molar refractivity (Wildman–Crippen MR) is 48.1 cm³/mol. The molecule has 76 valence electrons. The smallest absolute Gasteiger partial charge is 0.207 e. The molecule has 0 radical (unpaired) electrons. The number of nitrogens with one attached hydrogen (secondary N) is 2. The van der Waals surface area contributed by atoms with Crippen molar-refractivity contribution in [1.82, 2.24) is 10.6 Å². The molecule has 0 rings (SSSR count). The normalized spacial score (nSPS) is 14.3. The van der Waals surface area contributed by atoms with E-state index in [0.717, 1.165) is 0 Å². The first kappa shape index (κ1) is 11.9. The minimum absolute atomic E-state index is 0.000862. The summed E-state index contributed by atoms with van der Waals surface area (Å²) in [4.78, 5) is 20.0. The maximum atomic E-state index is 9.99. The SMILES string of the molecule is CC(COCC(C)NC=O)NC=O. The highest BCUT2D eigenvalue weighted by Crippen LogP contribution is 1.86. The first-order valence-electron chi connectivity index (χ1n) is 4.17. The molecule has 2 N–H and O–H groups in total. The van der Waals surface area contributed by atoms with Gasteiger partial charge in [0.15, 0.2) is 0 Å². The molecule has 0 fully saturated rings. The van der Waals surface area contributed by atoms with Crippen molar-refractivity contribution < 1.29 is 14.3 Å². The second-order valence-corrected chi connectivity index (χ2v) is 2.91. The molecule has 13 heavy (non-hydrogen) atoms. The predicted octanol–water partition coefficient (Wildman–Crippen LogP) is -0.728. The fourth-order valence-corrected chi connectivity index (χ4v) is 0.750. The molecule has 0 aliphatic heterocycles. The van der Waals surface area contributed by atoms with Crippen LogP contribution in [0.15, 0.2) is 0 Å².